The van der Waals surface area contributed by atoms with Gasteiger partial charge in [-0.3, -0.25) is 14.9 Å². The van der Waals surface area contributed by atoms with Crippen molar-refractivity contribution in [1.82, 2.24) is 9.97 Å². The highest BCUT2D eigenvalue weighted by Gasteiger charge is 2.55. The summed E-state index contributed by atoms with van der Waals surface area (Å²) in [5.74, 6) is -0.970. The molecule has 9 heteroatoms. The Bertz CT molecular complexity index is 943. The second-order valence-corrected chi connectivity index (χ2v) is 6.63. The van der Waals surface area contributed by atoms with E-state index in [1.807, 2.05) is 0 Å². The van der Waals surface area contributed by atoms with Gasteiger partial charge in [0.15, 0.2) is 0 Å². The van der Waals surface area contributed by atoms with Gasteiger partial charge >= 0.3 is 6.18 Å². The van der Waals surface area contributed by atoms with E-state index in [-0.39, 0.29) is 17.1 Å². The van der Waals surface area contributed by atoms with Crippen LogP contribution in [0.3, 0.4) is 0 Å². The molecule has 0 saturated carbocycles. The molecule has 3 aromatic heterocycles. The number of hydrogen-bond donors (Lipinski definition) is 0. The van der Waals surface area contributed by atoms with Crippen molar-refractivity contribution in [3.63, 3.8) is 0 Å². The minimum absolute atomic E-state index is 0.0652. The average molecular weight is 392 g/mol. The van der Waals surface area contributed by atoms with Crippen LogP contribution in [0.15, 0.2) is 72.5 Å². The third-order valence-electron chi connectivity index (χ3n) is 4.07. The highest BCUT2D eigenvalue weighted by atomic mass is 32.1. The molecule has 27 heavy (non-hydrogen) atoms. The molecule has 4 rings (SSSR count). The van der Waals surface area contributed by atoms with Gasteiger partial charge in [0.1, 0.15) is 5.70 Å². The molecule has 1 unspecified atom stereocenters. The standard InChI is InChI=1S/C18H12F4N4S/c19-16-15(14-2-1-11-27-14)25(12-3-7-23-8-4-12)17(18(20,21)22)26(16)13-5-9-24-10-6-13/h1-11,17H. The Labute approximate surface area is 156 Å². The first-order valence-electron chi connectivity index (χ1n) is 7.87. The van der Waals surface area contributed by atoms with E-state index in [0.717, 1.165) is 4.90 Å². The van der Waals surface area contributed by atoms with E-state index in [1.165, 1.54) is 60.4 Å². The number of anilines is 2. The molecule has 0 spiro atoms. The number of pyridine rings is 2. The Kier molecular flexibility index (Phi) is 4.31. The van der Waals surface area contributed by atoms with E-state index < -0.39 is 18.3 Å². The molecule has 1 aliphatic heterocycles. The number of aromatic nitrogens is 2. The van der Waals surface area contributed by atoms with Crippen LogP contribution in [0.1, 0.15) is 4.88 Å². The van der Waals surface area contributed by atoms with Crippen molar-refractivity contribution in [2.75, 3.05) is 9.80 Å². The van der Waals surface area contributed by atoms with Gasteiger partial charge in [-0.2, -0.15) is 17.6 Å². The first kappa shape index (κ1) is 17.5. The smallest absolute Gasteiger partial charge is 0.307 e. The molecule has 138 valence electrons. The van der Waals surface area contributed by atoms with E-state index in [2.05, 4.69) is 9.97 Å². The highest BCUT2D eigenvalue weighted by molar-refractivity contribution is 7.11. The van der Waals surface area contributed by atoms with Crippen LogP contribution in [-0.4, -0.2) is 22.3 Å². The molecule has 0 aliphatic carbocycles. The first-order valence-corrected chi connectivity index (χ1v) is 8.75. The molecule has 0 aromatic carbocycles. The third kappa shape index (κ3) is 3.03. The van der Waals surface area contributed by atoms with Crippen molar-refractivity contribution in [3.8, 4) is 0 Å². The summed E-state index contributed by atoms with van der Waals surface area (Å²) in [6.07, 6.45) is -1.56. The maximum atomic E-state index is 15.5. The molecular formula is C18H12F4N4S. The van der Waals surface area contributed by atoms with Gasteiger partial charge in [0.05, 0.1) is 4.88 Å². The van der Waals surface area contributed by atoms with Crippen LogP contribution < -0.4 is 9.80 Å². The summed E-state index contributed by atoms with van der Waals surface area (Å²) in [6.45, 7) is 0. The predicted molar refractivity (Wildman–Crippen MR) is 95.6 cm³/mol. The number of hydrogen-bond acceptors (Lipinski definition) is 5. The molecule has 0 amide bonds. The Hall–Kier alpha value is -2.94. The zero-order valence-electron chi connectivity index (χ0n) is 13.6. The molecule has 0 radical (unpaired) electrons. The van der Waals surface area contributed by atoms with Crippen molar-refractivity contribution in [2.24, 2.45) is 0 Å². The minimum atomic E-state index is -4.73. The van der Waals surface area contributed by atoms with Gasteiger partial charge in [0.25, 0.3) is 0 Å². The summed E-state index contributed by atoms with van der Waals surface area (Å²) in [7, 11) is 0. The van der Waals surface area contributed by atoms with Crippen molar-refractivity contribution in [2.45, 2.75) is 12.3 Å². The lowest BCUT2D eigenvalue weighted by Gasteiger charge is -2.34. The number of alkyl halides is 3. The Morgan fingerprint density at radius 3 is 1.89 bits per heavy atom. The molecule has 1 aliphatic rings. The fourth-order valence-electron chi connectivity index (χ4n) is 3.02. The lowest BCUT2D eigenvalue weighted by Crippen LogP contribution is -2.51. The van der Waals surface area contributed by atoms with E-state index in [4.69, 9.17) is 0 Å². The molecule has 4 nitrogen and oxygen atoms in total. The van der Waals surface area contributed by atoms with Crippen LogP contribution in [0, 0.1) is 0 Å². The summed E-state index contributed by atoms with van der Waals surface area (Å²) in [5.41, 5.74) is 0.133. The number of halogens is 4. The Morgan fingerprint density at radius 2 is 1.41 bits per heavy atom. The third-order valence-corrected chi connectivity index (χ3v) is 4.94. The van der Waals surface area contributed by atoms with Crippen molar-refractivity contribution < 1.29 is 17.6 Å². The zero-order valence-corrected chi connectivity index (χ0v) is 14.5. The van der Waals surface area contributed by atoms with Gasteiger partial charge in [-0.05, 0) is 35.7 Å². The van der Waals surface area contributed by atoms with E-state index in [1.54, 1.807) is 17.5 Å². The van der Waals surface area contributed by atoms with Crippen molar-refractivity contribution >= 4 is 28.4 Å². The lowest BCUT2D eigenvalue weighted by molar-refractivity contribution is -0.144. The van der Waals surface area contributed by atoms with E-state index in [9.17, 15) is 13.2 Å². The van der Waals surface area contributed by atoms with Gasteiger partial charge < -0.3 is 4.90 Å². The number of nitrogens with zero attached hydrogens (tertiary/aromatic N) is 4. The maximum Gasteiger partial charge on any atom is 0.428 e. The van der Waals surface area contributed by atoms with Gasteiger partial charge in [0, 0.05) is 36.2 Å². The Morgan fingerprint density at radius 1 is 0.852 bits per heavy atom. The molecule has 4 heterocycles. The predicted octanol–water partition coefficient (Wildman–Crippen LogP) is 5.05. The van der Waals surface area contributed by atoms with Crippen LogP contribution >= 0.6 is 11.3 Å². The second-order valence-electron chi connectivity index (χ2n) is 5.68. The van der Waals surface area contributed by atoms with Crippen molar-refractivity contribution in [1.29, 1.82) is 0 Å². The fraction of sp³-hybridized carbons (Fsp3) is 0.111. The SMILES string of the molecule is FC1=C(c2cccs2)N(c2ccncc2)C(C(F)(F)F)N1c1ccncc1. The summed E-state index contributed by atoms with van der Waals surface area (Å²) in [4.78, 5) is 9.67. The van der Waals surface area contributed by atoms with E-state index in [0.29, 0.717) is 9.78 Å². The van der Waals surface area contributed by atoms with Crippen LogP contribution in [0.25, 0.3) is 5.70 Å². The number of rotatable bonds is 3. The van der Waals surface area contributed by atoms with Gasteiger partial charge in [-0.25, -0.2) is 0 Å². The largest absolute Gasteiger partial charge is 0.428 e. The first-order chi connectivity index (χ1) is 13.0. The quantitative estimate of drug-likeness (QED) is 0.461. The van der Waals surface area contributed by atoms with Gasteiger partial charge in [-0.15, -0.1) is 11.3 Å². The molecule has 0 N–H and O–H groups in total. The summed E-state index contributed by atoms with van der Waals surface area (Å²) in [5, 5.41) is 1.69. The van der Waals surface area contributed by atoms with Crippen molar-refractivity contribution in [3.05, 3.63) is 77.4 Å². The van der Waals surface area contributed by atoms with Crippen LogP contribution in [0.4, 0.5) is 28.9 Å². The summed E-state index contributed by atoms with van der Waals surface area (Å²) < 4.78 is 57.8. The molecule has 0 bridgehead atoms. The summed E-state index contributed by atoms with van der Waals surface area (Å²) >= 11 is 1.17. The average Bonchev–Trinajstić information content (AvgIpc) is 3.28. The molecule has 1 atom stereocenters. The highest BCUT2D eigenvalue weighted by Crippen LogP contribution is 2.48. The topological polar surface area (TPSA) is 32.3 Å². The monoisotopic (exact) mass is 392 g/mol. The molecule has 0 fully saturated rings. The maximum absolute atomic E-state index is 15.5. The molecule has 0 saturated heterocycles. The van der Waals surface area contributed by atoms with Gasteiger partial charge in [-0.1, -0.05) is 6.07 Å². The van der Waals surface area contributed by atoms with E-state index >= 15 is 4.39 Å². The van der Waals surface area contributed by atoms with Crippen LogP contribution in [0.2, 0.25) is 0 Å². The summed E-state index contributed by atoms with van der Waals surface area (Å²) in [6, 6.07) is 8.81. The van der Waals surface area contributed by atoms with Gasteiger partial charge in [0.2, 0.25) is 12.1 Å². The molecule has 3 aromatic rings. The fourth-order valence-corrected chi connectivity index (χ4v) is 3.77. The zero-order chi connectivity index (χ0) is 19.0. The second kappa shape index (κ2) is 6.66. The number of thiophene rings is 1. The normalized spacial score (nSPS) is 17.7. The Balaban J connectivity index is 1.96. The van der Waals surface area contributed by atoms with Crippen LogP contribution in [-0.2, 0) is 0 Å². The van der Waals surface area contributed by atoms with Crippen LogP contribution in [0.5, 0.6) is 0 Å². The molecular weight excluding hydrogens is 380 g/mol. The lowest BCUT2D eigenvalue weighted by atomic mass is 10.2. The minimum Gasteiger partial charge on any atom is -0.307 e.